The van der Waals surface area contributed by atoms with Gasteiger partial charge in [-0.2, -0.15) is 0 Å². The minimum Gasteiger partial charge on any atom is -0.369 e. The molecule has 1 aromatic heterocycles. The van der Waals surface area contributed by atoms with E-state index in [1.54, 1.807) is 0 Å². The second kappa shape index (κ2) is 5.66. The average molecular weight is 314 g/mol. The predicted molar refractivity (Wildman–Crippen MR) is 95.9 cm³/mol. The smallest absolute Gasteiger partial charge is 0.128 e. The van der Waals surface area contributed by atoms with Gasteiger partial charge in [0.15, 0.2) is 0 Å². The average Bonchev–Trinajstić information content (AvgIpc) is 2.57. The molecule has 0 radical (unpaired) electrons. The molecule has 126 valence electrons. The molecule has 1 aromatic rings. The van der Waals surface area contributed by atoms with Crippen LogP contribution in [0, 0.1) is 23.2 Å². The molecule has 0 aromatic carbocycles. The molecular weight excluding hydrogens is 284 g/mol. The SMILES string of the molecule is CC1C(Nc2cc(N3CCNCC3)ccn2)CC2CC1C2(C)C. The summed E-state index contributed by atoms with van der Waals surface area (Å²) in [5.41, 5.74) is 1.85. The predicted octanol–water partition coefficient (Wildman–Crippen LogP) is 2.97. The Bertz CT molecular complexity index is 564. The lowest BCUT2D eigenvalue weighted by atomic mass is 9.45. The third kappa shape index (κ3) is 2.61. The Hall–Kier alpha value is -1.29. The first-order valence-electron chi connectivity index (χ1n) is 9.24. The van der Waals surface area contributed by atoms with Crippen LogP contribution >= 0.6 is 0 Å². The molecular formula is C19H30N4. The van der Waals surface area contributed by atoms with Crippen molar-refractivity contribution in [3.8, 4) is 0 Å². The van der Waals surface area contributed by atoms with Crippen LogP contribution in [0.2, 0.25) is 0 Å². The van der Waals surface area contributed by atoms with Gasteiger partial charge in [0.2, 0.25) is 0 Å². The van der Waals surface area contributed by atoms with Crippen molar-refractivity contribution in [2.24, 2.45) is 23.2 Å². The van der Waals surface area contributed by atoms with Crippen molar-refractivity contribution < 1.29 is 0 Å². The van der Waals surface area contributed by atoms with Crippen molar-refractivity contribution in [2.75, 3.05) is 36.4 Å². The minimum atomic E-state index is 0.549. The highest BCUT2D eigenvalue weighted by Crippen LogP contribution is 2.61. The van der Waals surface area contributed by atoms with Gasteiger partial charge < -0.3 is 15.5 Å². The highest BCUT2D eigenvalue weighted by Gasteiger charge is 2.56. The molecule has 0 spiro atoms. The van der Waals surface area contributed by atoms with Crippen molar-refractivity contribution in [1.29, 1.82) is 0 Å². The van der Waals surface area contributed by atoms with Gasteiger partial charge in [-0.05, 0) is 42.1 Å². The van der Waals surface area contributed by atoms with Crippen LogP contribution in [-0.2, 0) is 0 Å². The summed E-state index contributed by atoms with van der Waals surface area (Å²) in [5.74, 6) is 3.55. The molecule has 4 unspecified atom stereocenters. The molecule has 2 bridgehead atoms. The molecule has 2 N–H and O–H groups in total. The van der Waals surface area contributed by atoms with Gasteiger partial charge >= 0.3 is 0 Å². The number of hydrogen-bond donors (Lipinski definition) is 2. The van der Waals surface area contributed by atoms with Crippen LogP contribution in [0.25, 0.3) is 0 Å². The molecule has 3 aliphatic carbocycles. The number of pyridine rings is 1. The zero-order valence-electron chi connectivity index (χ0n) is 14.7. The third-order valence-corrected chi connectivity index (χ3v) is 6.91. The zero-order valence-corrected chi connectivity index (χ0v) is 14.7. The summed E-state index contributed by atoms with van der Waals surface area (Å²) in [6, 6.07) is 4.96. The van der Waals surface area contributed by atoms with Crippen LogP contribution in [-0.4, -0.2) is 37.2 Å². The molecule has 4 nitrogen and oxygen atoms in total. The van der Waals surface area contributed by atoms with Crippen molar-refractivity contribution in [3.63, 3.8) is 0 Å². The summed E-state index contributed by atoms with van der Waals surface area (Å²) < 4.78 is 0. The monoisotopic (exact) mass is 314 g/mol. The van der Waals surface area contributed by atoms with E-state index in [1.807, 2.05) is 6.20 Å². The third-order valence-electron chi connectivity index (χ3n) is 6.91. The Morgan fingerprint density at radius 3 is 2.74 bits per heavy atom. The number of nitrogens with zero attached hydrogens (tertiary/aromatic N) is 2. The Labute approximate surface area is 140 Å². The molecule has 0 amide bonds. The van der Waals surface area contributed by atoms with Crippen LogP contribution in [0.15, 0.2) is 18.3 Å². The maximum Gasteiger partial charge on any atom is 0.128 e. The van der Waals surface area contributed by atoms with E-state index in [2.05, 4.69) is 53.4 Å². The summed E-state index contributed by atoms with van der Waals surface area (Å²) in [6.07, 6.45) is 4.68. The van der Waals surface area contributed by atoms with Gasteiger partial charge in [-0.25, -0.2) is 4.98 Å². The first-order chi connectivity index (χ1) is 11.1. The van der Waals surface area contributed by atoms with Crippen LogP contribution in [0.5, 0.6) is 0 Å². The Morgan fingerprint density at radius 1 is 1.26 bits per heavy atom. The fourth-order valence-electron chi connectivity index (χ4n) is 5.15. The van der Waals surface area contributed by atoms with Crippen LogP contribution in [0.1, 0.15) is 33.6 Å². The van der Waals surface area contributed by atoms with Crippen molar-refractivity contribution in [2.45, 2.75) is 39.7 Å². The van der Waals surface area contributed by atoms with E-state index in [4.69, 9.17) is 0 Å². The van der Waals surface area contributed by atoms with Crippen LogP contribution in [0.3, 0.4) is 0 Å². The van der Waals surface area contributed by atoms with E-state index >= 15 is 0 Å². The van der Waals surface area contributed by atoms with Gasteiger partial charge in [0.1, 0.15) is 5.82 Å². The molecule has 23 heavy (non-hydrogen) atoms. The van der Waals surface area contributed by atoms with Crippen LogP contribution in [0.4, 0.5) is 11.5 Å². The first kappa shape index (κ1) is 15.3. The van der Waals surface area contributed by atoms with E-state index in [0.717, 1.165) is 49.8 Å². The normalized spacial score (nSPS) is 35.5. The lowest BCUT2D eigenvalue weighted by Crippen LogP contribution is -2.58. The van der Waals surface area contributed by atoms with Gasteiger partial charge in [0, 0.05) is 50.2 Å². The lowest BCUT2D eigenvalue weighted by molar-refractivity contribution is -0.105. The number of aromatic nitrogens is 1. The summed E-state index contributed by atoms with van der Waals surface area (Å²) in [5, 5.41) is 7.17. The summed E-state index contributed by atoms with van der Waals surface area (Å²) in [4.78, 5) is 7.04. The molecule has 1 aliphatic heterocycles. The Balaban J connectivity index is 1.45. The van der Waals surface area contributed by atoms with Crippen LogP contribution < -0.4 is 15.5 Å². The second-order valence-electron chi connectivity index (χ2n) is 8.34. The van der Waals surface area contributed by atoms with E-state index < -0.39 is 0 Å². The van der Waals surface area contributed by atoms with Crippen molar-refractivity contribution in [3.05, 3.63) is 18.3 Å². The van der Waals surface area contributed by atoms with Gasteiger partial charge in [-0.1, -0.05) is 20.8 Å². The molecule has 4 atom stereocenters. The quantitative estimate of drug-likeness (QED) is 0.900. The van der Waals surface area contributed by atoms with Gasteiger partial charge in [0.05, 0.1) is 0 Å². The molecule has 4 fully saturated rings. The topological polar surface area (TPSA) is 40.2 Å². The molecule has 4 heteroatoms. The zero-order chi connectivity index (χ0) is 16.0. The molecule has 1 saturated heterocycles. The van der Waals surface area contributed by atoms with Gasteiger partial charge in [0.25, 0.3) is 0 Å². The highest BCUT2D eigenvalue weighted by atomic mass is 15.2. The summed E-state index contributed by atoms with van der Waals surface area (Å²) in [7, 11) is 0. The fraction of sp³-hybridized carbons (Fsp3) is 0.737. The fourth-order valence-corrected chi connectivity index (χ4v) is 5.15. The molecule has 3 saturated carbocycles. The van der Waals surface area contributed by atoms with E-state index in [9.17, 15) is 0 Å². The Morgan fingerprint density at radius 2 is 2.04 bits per heavy atom. The van der Waals surface area contributed by atoms with E-state index in [0.29, 0.717) is 11.5 Å². The molecule has 2 heterocycles. The van der Waals surface area contributed by atoms with Crippen molar-refractivity contribution >= 4 is 11.5 Å². The van der Waals surface area contributed by atoms with E-state index in [-0.39, 0.29) is 0 Å². The number of hydrogen-bond acceptors (Lipinski definition) is 4. The highest BCUT2D eigenvalue weighted by molar-refractivity contribution is 5.54. The maximum atomic E-state index is 4.59. The van der Waals surface area contributed by atoms with Gasteiger partial charge in [-0.15, -0.1) is 0 Å². The molecule has 5 rings (SSSR count). The number of piperazine rings is 1. The minimum absolute atomic E-state index is 0.549. The maximum absolute atomic E-state index is 4.59. The molecule has 4 aliphatic rings. The van der Waals surface area contributed by atoms with Gasteiger partial charge in [-0.3, -0.25) is 0 Å². The Kier molecular flexibility index (Phi) is 3.75. The summed E-state index contributed by atoms with van der Waals surface area (Å²) in [6.45, 7) is 11.7. The van der Waals surface area contributed by atoms with Crippen molar-refractivity contribution in [1.82, 2.24) is 10.3 Å². The largest absolute Gasteiger partial charge is 0.369 e. The first-order valence-corrected chi connectivity index (χ1v) is 9.24. The number of fused-ring (bicyclic) bond motifs is 2. The summed E-state index contributed by atoms with van der Waals surface area (Å²) >= 11 is 0. The lowest BCUT2D eigenvalue weighted by Gasteiger charge is -2.62. The number of rotatable bonds is 3. The standard InChI is InChI=1S/C19H30N4/c1-13-16-10-14(19(16,2)3)11-17(13)22-18-12-15(4-5-21-18)23-8-6-20-7-9-23/h4-5,12-14,16-17,20H,6-11H2,1-3H3,(H,21,22). The van der Waals surface area contributed by atoms with E-state index in [1.165, 1.54) is 18.5 Å². The second-order valence-corrected chi connectivity index (χ2v) is 8.34. The number of anilines is 2. The number of nitrogens with one attached hydrogen (secondary N) is 2.